The van der Waals surface area contributed by atoms with Crippen LogP contribution < -0.4 is 5.32 Å². The van der Waals surface area contributed by atoms with E-state index in [4.69, 9.17) is 4.74 Å². The Bertz CT molecular complexity index is 584. The molecule has 1 aliphatic heterocycles. The van der Waals surface area contributed by atoms with Gasteiger partial charge in [0, 0.05) is 45.0 Å². The van der Waals surface area contributed by atoms with Gasteiger partial charge >= 0.3 is 0 Å². The number of aromatic nitrogens is 2. The van der Waals surface area contributed by atoms with Crippen LogP contribution in [0.2, 0.25) is 0 Å². The second-order valence-electron chi connectivity index (χ2n) is 5.11. The number of nitrogens with one attached hydrogen (secondary N) is 1. The standard InChI is InChI=1S/C14H17N3O3/c18-13(15-10-14(19)4-7-20-8-5-14)11-9-17-6-2-1-3-12(17)16-11/h1-3,6,9,19H,4-5,7-8,10H2,(H,15,18). The van der Waals surface area contributed by atoms with Gasteiger partial charge in [0.2, 0.25) is 0 Å². The molecule has 0 atom stereocenters. The average Bonchev–Trinajstić information content (AvgIpc) is 2.89. The zero-order chi connectivity index (χ0) is 14.0. The maximum atomic E-state index is 12.1. The number of hydrogen-bond acceptors (Lipinski definition) is 4. The van der Waals surface area contributed by atoms with Gasteiger partial charge in [-0.25, -0.2) is 4.98 Å². The Labute approximate surface area is 116 Å². The van der Waals surface area contributed by atoms with Crippen LogP contribution in [-0.2, 0) is 4.74 Å². The Morgan fingerprint density at radius 2 is 2.25 bits per heavy atom. The van der Waals surface area contributed by atoms with Gasteiger partial charge in [-0.05, 0) is 12.1 Å². The van der Waals surface area contributed by atoms with E-state index in [9.17, 15) is 9.90 Å². The molecule has 0 aliphatic carbocycles. The molecule has 20 heavy (non-hydrogen) atoms. The Morgan fingerprint density at radius 3 is 3.00 bits per heavy atom. The summed E-state index contributed by atoms with van der Waals surface area (Å²) < 4.78 is 7.00. The molecule has 2 aromatic rings. The van der Waals surface area contributed by atoms with E-state index >= 15 is 0 Å². The molecule has 0 unspecified atom stereocenters. The number of nitrogens with zero attached hydrogens (tertiary/aromatic N) is 2. The number of aliphatic hydroxyl groups is 1. The molecule has 106 valence electrons. The molecule has 2 aromatic heterocycles. The fourth-order valence-corrected chi connectivity index (χ4v) is 2.31. The van der Waals surface area contributed by atoms with Gasteiger partial charge in [-0.3, -0.25) is 4.79 Å². The number of rotatable bonds is 3. The van der Waals surface area contributed by atoms with E-state index in [1.165, 1.54) is 0 Å². The van der Waals surface area contributed by atoms with Crippen molar-refractivity contribution < 1.29 is 14.6 Å². The number of pyridine rings is 1. The number of carbonyl (C=O) groups is 1. The van der Waals surface area contributed by atoms with Crippen LogP contribution in [0.25, 0.3) is 5.65 Å². The van der Waals surface area contributed by atoms with E-state index in [1.54, 1.807) is 10.6 Å². The van der Waals surface area contributed by atoms with Crippen molar-refractivity contribution in [2.45, 2.75) is 18.4 Å². The molecular formula is C14H17N3O3. The van der Waals surface area contributed by atoms with Crippen molar-refractivity contribution in [1.29, 1.82) is 0 Å². The molecule has 3 heterocycles. The molecule has 0 aromatic carbocycles. The van der Waals surface area contributed by atoms with Gasteiger partial charge in [0.05, 0.1) is 5.60 Å². The van der Waals surface area contributed by atoms with E-state index in [-0.39, 0.29) is 12.5 Å². The first kappa shape index (κ1) is 13.1. The maximum Gasteiger partial charge on any atom is 0.271 e. The molecule has 6 nitrogen and oxygen atoms in total. The molecule has 1 saturated heterocycles. The summed E-state index contributed by atoms with van der Waals surface area (Å²) in [7, 11) is 0. The van der Waals surface area contributed by atoms with Crippen molar-refractivity contribution in [2.24, 2.45) is 0 Å². The lowest BCUT2D eigenvalue weighted by Gasteiger charge is -2.31. The molecule has 6 heteroatoms. The summed E-state index contributed by atoms with van der Waals surface area (Å²) in [5.74, 6) is -0.270. The quantitative estimate of drug-likeness (QED) is 0.860. The number of imidazole rings is 1. The van der Waals surface area contributed by atoms with Crippen molar-refractivity contribution in [3.8, 4) is 0 Å². The number of carbonyl (C=O) groups excluding carboxylic acids is 1. The third-order valence-electron chi connectivity index (χ3n) is 3.60. The lowest BCUT2D eigenvalue weighted by Crippen LogP contribution is -2.46. The predicted octanol–water partition coefficient (Wildman–Crippen LogP) is 0.606. The van der Waals surface area contributed by atoms with Gasteiger partial charge in [-0.2, -0.15) is 0 Å². The second-order valence-corrected chi connectivity index (χ2v) is 5.11. The summed E-state index contributed by atoms with van der Waals surface area (Å²) in [6, 6.07) is 5.58. The summed E-state index contributed by atoms with van der Waals surface area (Å²) in [6.45, 7) is 1.28. The number of ether oxygens (including phenoxy) is 1. The van der Waals surface area contributed by atoms with Gasteiger partial charge in [-0.1, -0.05) is 6.07 Å². The highest BCUT2D eigenvalue weighted by Crippen LogP contribution is 2.19. The first-order valence-electron chi connectivity index (χ1n) is 6.68. The van der Waals surface area contributed by atoms with E-state index in [1.807, 2.05) is 24.4 Å². The van der Waals surface area contributed by atoms with E-state index in [0.29, 0.717) is 31.7 Å². The lowest BCUT2D eigenvalue weighted by molar-refractivity contribution is -0.0605. The summed E-state index contributed by atoms with van der Waals surface area (Å²) in [4.78, 5) is 16.3. The second kappa shape index (κ2) is 5.22. The maximum absolute atomic E-state index is 12.1. The predicted molar refractivity (Wildman–Crippen MR) is 72.5 cm³/mol. The molecule has 1 fully saturated rings. The minimum absolute atomic E-state index is 0.225. The first-order valence-corrected chi connectivity index (χ1v) is 6.68. The van der Waals surface area contributed by atoms with Crippen LogP contribution in [0.3, 0.4) is 0 Å². The zero-order valence-corrected chi connectivity index (χ0v) is 11.1. The minimum atomic E-state index is -0.868. The van der Waals surface area contributed by atoms with E-state index in [0.717, 1.165) is 5.65 Å². The molecule has 1 aliphatic rings. The van der Waals surface area contributed by atoms with Crippen LogP contribution in [-0.4, -0.2) is 45.8 Å². The Kier molecular flexibility index (Phi) is 3.42. The molecule has 0 spiro atoms. The first-order chi connectivity index (χ1) is 9.66. The van der Waals surface area contributed by atoms with Gasteiger partial charge < -0.3 is 19.6 Å². The van der Waals surface area contributed by atoms with Crippen molar-refractivity contribution >= 4 is 11.6 Å². The molecular weight excluding hydrogens is 258 g/mol. The molecule has 0 saturated carbocycles. The third kappa shape index (κ3) is 2.66. The Morgan fingerprint density at radius 1 is 1.45 bits per heavy atom. The van der Waals surface area contributed by atoms with Crippen LogP contribution in [0.5, 0.6) is 0 Å². The summed E-state index contributed by atoms with van der Waals surface area (Å²) in [5.41, 5.74) is 0.210. The van der Waals surface area contributed by atoms with Crippen LogP contribution in [0, 0.1) is 0 Å². The highest BCUT2D eigenvalue weighted by molar-refractivity contribution is 5.92. The van der Waals surface area contributed by atoms with Crippen LogP contribution in [0.1, 0.15) is 23.3 Å². The largest absolute Gasteiger partial charge is 0.388 e. The smallest absolute Gasteiger partial charge is 0.271 e. The Balaban J connectivity index is 1.66. The zero-order valence-electron chi connectivity index (χ0n) is 11.1. The SMILES string of the molecule is O=C(NCC1(O)CCOCC1)c1cn2ccccc2n1. The molecule has 0 radical (unpaired) electrons. The fraction of sp³-hybridized carbons (Fsp3) is 0.429. The van der Waals surface area contributed by atoms with Gasteiger partial charge in [-0.15, -0.1) is 0 Å². The highest BCUT2D eigenvalue weighted by Gasteiger charge is 2.30. The highest BCUT2D eigenvalue weighted by atomic mass is 16.5. The average molecular weight is 275 g/mol. The van der Waals surface area contributed by atoms with Crippen LogP contribution >= 0.6 is 0 Å². The van der Waals surface area contributed by atoms with Crippen LogP contribution in [0.15, 0.2) is 30.6 Å². The van der Waals surface area contributed by atoms with Gasteiger partial charge in [0.1, 0.15) is 11.3 Å². The number of hydrogen-bond donors (Lipinski definition) is 2. The third-order valence-corrected chi connectivity index (χ3v) is 3.60. The fourth-order valence-electron chi connectivity index (χ4n) is 2.31. The molecule has 0 bridgehead atoms. The number of fused-ring (bicyclic) bond motifs is 1. The minimum Gasteiger partial charge on any atom is -0.388 e. The van der Waals surface area contributed by atoms with Crippen molar-refractivity contribution in [1.82, 2.24) is 14.7 Å². The Hall–Kier alpha value is -1.92. The topological polar surface area (TPSA) is 75.9 Å². The summed E-state index contributed by atoms with van der Waals surface area (Å²) in [5, 5.41) is 13.0. The number of amides is 1. The monoisotopic (exact) mass is 275 g/mol. The van der Waals surface area contributed by atoms with E-state index in [2.05, 4.69) is 10.3 Å². The van der Waals surface area contributed by atoms with Crippen LogP contribution in [0.4, 0.5) is 0 Å². The lowest BCUT2D eigenvalue weighted by atomic mass is 9.94. The summed E-state index contributed by atoms with van der Waals surface area (Å²) in [6.07, 6.45) is 4.60. The van der Waals surface area contributed by atoms with Crippen molar-refractivity contribution in [3.63, 3.8) is 0 Å². The summed E-state index contributed by atoms with van der Waals surface area (Å²) >= 11 is 0. The van der Waals surface area contributed by atoms with Gasteiger partial charge in [0.25, 0.3) is 5.91 Å². The van der Waals surface area contributed by atoms with Crippen molar-refractivity contribution in [3.05, 3.63) is 36.3 Å². The molecule has 3 rings (SSSR count). The molecule has 1 amide bonds. The normalized spacial score (nSPS) is 18.1. The van der Waals surface area contributed by atoms with Crippen molar-refractivity contribution in [2.75, 3.05) is 19.8 Å². The van der Waals surface area contributed by atoms with E-state index < -0.39 is 5.60 Å². The molecule has 2 N–H and O–H groups in total. The van der Waals surface area contributed by atoms with Gasteiger partial charge in [0.15, 0.2) is 0 Å².